The van der Waals surface area contributed by atoms with Crippen LogP contribution in [0.2, 0.25) is 0 Å². The van der Waals surface area contributed by atoms with Gasteiger partial charge in [-0.15, -0.1) is 6.42 Å². The molecular formula is C12H9NO. The minimum absolute atomic E-state index is 0.798. The number of rotatable bonds is 1. The molecule has 2 heteroatoms. The number of benzene rings is 1. The highest BCUT2D eigenvalue weighted by molar-refractivity contribution is 5.86. The van der Waals surface area contributed by atoms with Crippen molar-refractivity contribution in [2.24, 2.45) is 0 Å². The molecule has 0 atom stereocenters. The summed E-state index contributed by atoms with van der Waals surface area (Å²) in [4.78, 5) is 4.22. The summed E-state index contributed by atoms with van der Waals surface area (Å²) in [7, 11) is 1.64. The van der Waals surface area contributed by atoms with Crippen LogP contribution in [-0.4, -0.2) is 12.1 Å². The molecule has 0 unspecified atom stereocenters. The lowest BCUT2D eigenvalue weighted by molar-refractivity contribution is 0.419. The van der Waals surface area contributed by atoms with Crippen molar-refractivity contribution in [2.45, 2.75) is 0 Å². The van der Waals surface area contributed by atoms with E-state index in [-0.39, 0.29) is 0 Å². The minimum atomic E-state index is 0.798. The predicted octanol–water partition coefficient (Wildman–Crippen LogP) is 2.22. The van der Waals surface area contributed by atoms with Crippen LogP contribution in [0.15, 0.2) is 30.5 Å². The van der Waals surface area contributed by atoms with Crippen molar-refractivity contribution in [1.29, 1.82) is 0 Å². The van der Waals surface area contributed by atoms with E-state index >= 15 is 0 Å². The Balaban J connectivity index is 2.78. The highest BCUT2D eigenvalue weighted by Gasteiger charge is 2.01. The molecule has 0 aliphatic carbocycles. The van der Waals surface area contributed by atoms with E-state index in [0.717, 1.165) is 22.2 Å². The second-order valence-corrected chi connectivity index (χ2v) is 2.89. The molecule has 0 N–H and O–H groups in total. The van der Waals surface area contributed by atoms with Crippen LogP contribution < -0.4 is 4.74 Å². The van der Waals surface area contributed by atoms with Gasteiger partial charge < -0.3 is 4.74 Å². The third-order valence-electron chi connectivity index (χ3n) is 2.09. The summed E-state index contributed by atoms with van der Waals surface area (Å²) in [5, 5.41) is 0.949. The molecule has 1 aromatic heterocycles. The van der Waals surface area contributed by atoms with Gasteiger partial charge in [-0.05, 0) is 24.3 Å². The number of ether oxygens (including phenoxy) is 1. The normalized spacial score (nSPS) is 9.71. The zero-order valence-corrected chi connectivity index (χ0v) is 7.82. The summed E-state index contributed by atoms with van der Waals surface area (Å²) in [5.74, 6) is 3.39. The third-order valence-corrected chi connectivity index (χ3v) is 2.09. The Morgan fingerprint density at radius 3 is 2.93 bits per heavy atom. The molecule has 1 heterocycles. The van der Waals surface area contributed by atoms with Crippen LogP contribution in [0.25, 0.3) is 10.9 Å². The molecule has 2 rings (SSSR count). The molecule has 0 amide bonds. The average Bonchev–Trinajstić information content (AvgIpc) is 2.27. The Kier molecular flexibility index (Phi) is 2.08. The van der Waals surface area contributed by atoms with Crippen molar-refractivity contribution in [1.82, 2.24) is 4.98 Å². The van der Waals surface area contributed by atoms with Gasteiger partial charge in [0, 0.05) is 17.1 Å². The van der Waals surface area contributed by atoms with Crippen molar-refractivity contribution < 1.29 is 4.74 Å². The molecule has 0 saturated carbocycles. The zero-order valence-electron chi connectivity index (χ0n) is 7.82. The molecule has 14 heavy (non-hydrogen) atoms. The molecule has 0 aliphatic rings. The predicted molar refractivity (Wildman–Crippen MR) is 56.2 cm³/mol. The summed E-state index contributed by atoms with van der Waals surface area (Å²) < 4.78 is 5.22. The summed E-state index contributed by atoms with van der Waals surface area (Å²) in [6.07, 6.45) is 7.04. The van der Waals surface area contributed by atoms with Gasteiger partial charge in [-0.3, -0.25) is 4.98 Å². The van der Waals surface area contributed by atoms with Gasteiger partial charge in [0.2, 0.25) is 0 Å². The summed E-state index contributed by atoms with van der Waals surface area (Å²) in [6, 6.07) is 7.49. The van der Waals surface area contributed by atoms with Gasteiger partial charge in [0.05, 0.1) is 12.6 Å². The zero-order chi connectivity index (χ0) is 9.97. The Bertz CT molecular complexity index is 511. The maximum atomic E-state index is 5.32. The molecule has 2 nitrogen and oxygen atoms in total. The van der Waals surface area contributed by atoms with Crippen LogP contribution in [0.1, 0.15) is 5.56 Å². The summed E-state index contributed by atoms with van der Waals surface area (Å²) in [5.41, 5.74) is 1.73. The van der Waals surface area contributed by atoms with E-state index < -0.39 is 0 Å². The van der Waals surface area contributed by atoms with E-state index in [1.807, 2.05) is 24.3 Å². The van der Waals surface area contributed by atoms with Crippen LogP contribution in [0.4, 0.5) is 0 Å². The van der Waals surface area contributed by atoms with Gasteiger partial charge in [0.25, 0.3) is 0 Å². The van der Waals surface area contributed by atoms with Crippen LogP contribution in [0, 0.1) is 12.3 Å². The Morgan fingerprint density at radius 2 is 2.21 bits per heavy atom. The van der Waals surface area contributed by atoms with Gasteiger partial charge in [-0.25, -0.2) is 0 Å². The highest BCUT2D eigenvalue weighted by atomic mass is 16.5. The SMILES string of the molecule is C#Cc1ccc2nccc(OC)c2c1. The molecule has 0 saturated heterocycles. The number of hydrogen-bond donors (Lipinski definition) is 0. The second kappa shape index (κ2) is 3.39. The van der Waals surface area contributed by atoms with Crippen LogP contribution in [0.3, 0.4) is 0 Å². The van der Waals surface area contributed by atoms with Crippen molar-refractivity contribution >= 4 is 10.9 Å². The van der Waals surface area contributed by atoms with Gasteiger partial charge in [0.15, 0.2) is 0 Å². The first kappa shape index (κ1) is 8.58. The van der Waals surface area contributed by atoms with E-state index in [4.69, 9.17) is 11.2 Å². The molecular weight excluding hydrogens is 174 g/mol. The van der Waals surface area contributed by atoms with Gasteiger partial charge in [-0.1, -0.05) is 5.92 Å². The summed E-state index contributed by atoms with van der Waals surface area (Å²) in [6.45, 7) is 0. The standard InChI is InChI=1S/C12H9NO/c1-3-9-4-5-11-10(8-9)12(14-2)6-7-13-11/h1,4-8H,2H3. The molecule has 0 radical (unpaired) electrons. The highest BCUT2D eigenvalue weighted by Crippen LogP contribution is 2.23. The van der Waals surface area contributed by atoms with Crippen LogP contribution in [0.5, 0.6) is 5.75 Å². The van der Waals surface area contributed by atoms with Crippen molar-refractivity contribution in [2.75, 3.05) is 7.11 Å². The number of nitrogens with zero attached hydrogens (tertiary/aromatic N) is 1. The fraction of sp³-hybridized carbons (Fsp3) is 0.0833. The average molecular weight is 183 g/mol. The maximum Gasteiger partial charge on any atom is 0.129 e. The van der Waals surface area contributed by atoms with E-state index in [1.165, 1.54) is 0 Å². The smallest absolute Gasteiger partial charge is 0.129 e. The van der Waals surface area contributed by atoms with Crippen LogP contribution in [-0.2, 0) is 0 Å². The first-order valence-electron chi connectivity index (χ1n) is 4.24. The Hall–Kier alpha value is -2.01. The van der Waals surface area contributed by atoms with Gasteiger partial charge in [-0.2, -0.15) is 0 Å². The molecule has 2 aromatic rings. The monoisotopic (exact) mass is 183 g/mol. The number of hydrogen-bond acceptors (Lipinski definition) is 2. The van der Waals surface area contributed by atoms with Crippen molar-refractivity contribution in [3.8, 4) is 18.1 Å². The summed E-state index contributed by atoms with van der Waals surface area (Å²) >= 11 is 0. The fourth-order valence-electron chi connectivity index (χ4n) is 1.39. The lowest BCUT2D eigenvalue weighted by atomic mass is 10.1. The third kappa shape index (κ3) is 1.29. The van der Waals surface area contributed by atoms with E-state index in [2.05, 4.69) is 10.9 Å². The molecule has 0 spiro atoms. The first-order valence-corrected chi connectivity index (χ1v) is 4.24. The van der Waals surface area contributed by atoms with E-state index in [1.54, 1.807) is 13.3 Å². The largest absolute Gasteiger partial charge is 0.496 e. The first-order chi connectivity index (χ1) is 6.85. The Morgan fingerprint density at radius 1 is 1.36 bits per heavy atom. The molecule has 0 aliphatic heterocycles. The number of aromatic nitrogens is 1. The topological polar surface area (TPSA) is 22.1 Å². The maximum absolute atomic E-state index is 5.32. The molecule has 68 valence electrons. The fourth-order valence-corrected chi connectivity index (χ4v) is 1.39. The Labute approximate surface area is 82.5 Å². The number of fused-ring (bicyclic) bond motifs is 1. The molecule has 0 bridgehead atoms. The second-order valence-electron chi connectivity index (χ2n) is 2.89. The quantitative estimate of drug-likeness (QED) is 0.632. The van der Waals surface area contributed by atoms with Crippen molar-refractivity contribution in [3.05, 3.63) is 36.0 Å². The van der Waals surface area contributed by atoms with Gasteiger partial charge in [0.1, 0.15) is 5.75 Å². The number of pyridine rings is 1. The van der Waals surface area contributed by atoms with E-state index in [9.17, 15) is 0 Å². The molecule has 0 fully saturated rings. The number of methoxy groups -OCH3 is 1. The van der Waals surface area contributed by atoms with Crippen LogP contribution >= 0.6 is 0 Å². The van der Waals surface area contributed by atoms with Crippen molar-refractivity contribution in [3.63, 3.8) is 0 Å². The lowest BCUT2D eigenvalue weighted by Gasteiger charge is -2.04. The number of terminal acetylenes is 1. The molecule has 1 aromatic carbocycles. The lowest BCUT2D eigenvalue weighted by Crippen LogP contribution is -1.87. The minimum Gasteiger partial charge on any atom is -0.496 e. The van der Waals surface area contributed by atoms with E-state index in [0.29, 0.717) is 0 Å². The van der Waals surface area contributed by atoms with Gasteiger partial charge >= 0.3 is 0 Å².